The molecule has 0 aliphatic heterocycles. The van der Waals surface area contributed by atoms with Gasteiger partial charge in [-0.3, -0.25) is 4.79 Å². The molecule has 1 aromatic heterocycles. The number of carbonyl (C=O) groups excluding carboxylic acids is 1. The van der Waals surface area contributed by atoms with Crippen molar-refractivity contribution < 1.29 is 13.9 Å². The second-order valence-electron chi connectivity index (χ2n) is 6.80. The highest BCUT2D eigenvalue weighted by Crippen LogP contribution is 2.33. The Hall–Kier alpha value is -3.31. The Bertz CT molecular complexity index is 1230. The number of oxazole rings is 1. The van der Waals surface area contributed by atoms with Gasteiger partial charge in [0.2, 0.25) is 5.89 Å². The second-order valence-corrected chi connectivity index (χ2v) is 7.21. The number of benzene rings is 3. The molecular weight excluding hydrogens is 388 g/mol. The van der Waals surface area contributed by atoms with Crippen molar-refractivity contribution in [1.29, 1.82) is 0 Å². The van der Waals surface area contributed by atoms with Gasteiger partial charge in [0.15, 0.2) is 5.58 Å². The van der Waals surface area contributed by atoms with E-state index in [0.29, 0.717) is 33.5 Å². The highest BCUT2D eigenvalue weighted by Gasteiger charge is 2.16. The van der Waals surface area contributed by atoms with Gasteiger partial charge in [-0.15, -0.1) is 0 Å². The zero-order valence-corrected chi connectivity index (χ0v) is 17.0. The average Bonchev–Trinajstić information content (AvgIpc) is 3.13. The molecule has 0 fully saturated rings. The molecule has 146 valence electrons. The molecule has 0 aliphatic carbocycles. The number of nitrogens with zero attached hydrogens (tertiary/aromatic N) is 1. The summed E-state index contributed by atoms with van der Waals surface area (Å²) in [4.78, 5) is 17.3. The minimum absolute atomic E-state index is 0.278. The number of aryl methyl sites for hydroxylation is 2. The summed E-state index contributed by atoms with van der Waals surface area (Å²) in [6, 6.07) is 16.3. The van der Waals surface area contributed by atoms with Crippen LogP contribution in [0.1, 0.15) is 21.5 Å². The molecule has 29 heavy (non-hydrogen) atoms. The van der Waals surface area contributed by atoms with E-state index in [1.54, 1.807) is 36.4 Å². The Labute approximate surface area is 173 Å². The summed E-state index contributed by atoms with van der Waals surface area (Å²) in [5, 5.41) is 3.36. The molecule has 0 saturated heterocycles. The molecule has 0 unspecified atom stereocenters. The first kappa shape index (κ1) is 19.0. The van der Waals surface area contributed by atoms with Gasteiger partial charge < -0.3 is 14.5 Å². The lowest BCUT2D eigenvalue weighted by Crippen LogP contribution is -2.13. The number of carbonyl (C=O) groups is 1. The van der Waals surface area contributed by atoms with Crippen LogP contribution >= 0.6 is 11.6 Å². The molecular formula is C23H19ClN2O3. The van der Waals surface area contributed by atoms with Crippen LogP contribution in [0.4, 0.5) is 5.69 Å². The fourth-order valence-electron chi connectivity index (χ4n) is 3.29. The molecule has 4 aromatic rings. The normalized spacial score (nSPS) is 10.9. The van der Waals surface area contributed by atoms with Crippen molar-refractivity contribution in [2.45, 2.75) is 13.8 Å². The number of fused-ring (bicyclic) bond motifs is 1. The summed E-state index contributed by atoms with van der Waals surface area (Å²) in [6.45, 7) is 4.00. The van der Waals surface area contributed by atoms with E-state index in [0.717, 1.165) is 22.2 Å². The zero-order chi connectivity index (χ0) is 20.5. The maximum absolute atomic E-state index is 12.7. The van der Waals surface area contributed by atoms with E-state index in [4.69, 9.17) is 20.8 Å². The van der Waals surface area contributed by atoms with Crippen LogP contribution in [0.15, 0.2) is 59.0 Å². The molecule has 3 aromatic carbocycles. The molecule has 6 heteroatoms. The van der Waals surface area contributed by atoms with E-state index in [1.807, 2.05) is 32.0 Å². The number of methoxy groups -OCH3 is 1. The predicted octanol–water partition coefficient (Wildman–Crippen LogP) is 6.03. The third kappa shape index (κ3) is 3.69. The van der Waals surface area contributed by atoms with Crippen molar-refractivity contribution in [2.75, 3.05) is 12.4 Å². The van der Waals surface area contributed by atoms with E-state index < -0.39 is 0 Å². The van der Waals surface area contributed by atoms with E-state index in [1.165, 1.54) is 7.11 Å². The number of hydrogen-bond donors (Lipinski definition) is 1. The third-order valence-corrected chi connectivity index (χ3v) is 4.96. The number of nitrogens with one attached hydrogen (secondary N) is 1. The van der Waals surface area contributed by atoms with Crippen LogP contribution < -0.4 is 10.1 Å². The van der Waals surface area contributed by atoms with Gasteiger partial charge in [-0.1, -0.05) is 29.8 Å². The average molecular weight is 407 g/mol. The third-order valence-electron chi connectivity index (χ3n) is 4.63. The quantitative estimate of drug-likeness (QED) is 0.449. The van der Waals surface area contributed by atoms with Crippen LogP contribution in [0.25, 0.3) is 22.6 Å². The van der Waals surface area contributed by atoms with Crippen LogP contribution in [0.3, 0.4) is 0 Å². The summed E-state index contributed by atoms with van der Waals surface area (Å²) in [5.41, 5.74) is 5.25. The minimum atomic E-state index is -0.278. The Kier molecular flexibility index (Phi) is 4.99. The van der Waals surface area contributed by atoms with Crippen LogP contribution in [0.2, 0.25) is 5.02 Å². The number of aromatic nitrogens is 1. The maximum Gasteiger partial charge on any atom is 0.259 e. The van der Waals surface area contributed by atoms with Gasteiger partial charge in [0.25, 0.3) is 5.91 Å². The fourth-order valence-corrected chi connectivity index (χ4v) is 3.49. The van der Waals surface area contributed by atoms with Gasteiger partial charge in [0, 0.05) is 5.69 Å². The topological polar surface area (TPSA) is 64.4 Å². The van der Waals surface area contributed by atoms with Gasteiger partial charge in [-0.25, -0.2) is 4.98 Å². The van der Waals surface area contributed by atoms with Gasteiger partial charge in [0.1, 0.15) is 11.3 Å². The fraction of sp³-hybridized carbons (Fsp3) is 0.130. The molecule has 0 atom stereocenters. The van der Waals surface area contributed by atoms with Gasteiger partial charge in [-0.05, 0) is 61.4 Å². The number of amides is 1. The highest BCUT2D eigenvalue weighted by atomic mass is 35.5. The van der Waals surface area contributed by atoms with Gasteiger partial charge in [-0.2, -0.15) is 0 Å². The van der Waals surface area contributed by atoms with Crippen molar-refractivity contribution in [2.24, 2.45) is 0 Å². The minimum Gasteiger partial charge on any atom is -0.496 e. The van der Waals surface area contributed by atoms with E-state index in [-0.39, 0.29) is 5.91 Å². The molecule has 0 spiro atoms. The van der Waals surface area contributed by atoms with Gasteiger partial charge >= 0.3 is 0 Å². The Balaban J connectivity index is 1.70. The van der Waals surface area contributed by atoms with Crippen molar-refractivity contribution in [3.63, 3.8) is 0 Å². The van der Waals surface area contributed by atoms with Gasteiger partial charge in [0.05, 0.1) is 23.3 Å². The second kappa shape index (κ2) is 7.60. The van der Waals surface area contributed by atoms with Crippen molar-refractivity contribution in [3.8, 4) is 17.2 Å². The number of ether oxygens (including phenoxy) is 1. The highest BCUT2D eigenvalue weighted by molar-refractivity contribution is 6.33. The molecule has 0 radical (unpaired) electrons. The Morgan fingerprint density at radius 3 is 2.69 bits per heavy atom. The first-order valence-electron chi connectivity index (χ1n) is 9.08. The zero-order valence-electron chi connectivity index (χ0n) is 16.2. The van der Waals surface area contributed by atoms with Crippen LogP contribution in [-0.4, -0.2) is 18.0 Å². The first-order chi connectivity index (χ1) is 14.0. The smallest absolute Gasteiger partial charge is 0.259 e. The summed E-state index contributed by atoms with van der Waals surface area (Å²) < 4.78 is 11.2. The summed E-state index contributed by atoms with van der Waals surface area (Å²) in [7, 11) is 1.53. The lowest BCUT2D eigenvalue weighted by molar-refractivity contribution is 0.102. The van der Waals surface area contributed by atoms with Crippen LogP contribution in [-0.2, 0) is 0 Å². The summed E-state index contributed by atoms with van der Waals surface area (Å²) in [5.74, 6) is 0.635. The number of anilines is 1. The van der Waals surface area contributed by atoms with Crippen LogP contribution in [0.5, 0.6) is 5.75 Å². The number of rotatable bonds is 4. The lowest BCUT2D eigenvalue weighted by Gasteiger charge is -2.10. The number of para-hydroxylation sites is 1. The van der Waals surface area contributed by atoms with Crippen molar-refractivity contribution in [1.82, 2.24) is 4.98 Å². The van der Waals surface area contributed by atoms with Crippen molar-refractivity contribution in [3.05, 3.63) is 76.3 Å². The lowest BCUT2D eigenvalue weighted by atomic mass is 10.1. The van der Waals surface area contributed by atoms with E-state index in [2.05, 4.69) is 10.3 Å². The number of hydrogen-bond acceptors (Lipinski definition) is 4. The van der Waals surface area contributed by atoms with E-state index in [9.17, 15) is 4.79 Å². The summed E-state index contributed by atoms with van der Waals surface area (Å²) >= 11 is 6.40. The molecule has 4 rings (SSSR count). The Morgan fingerprint density at radius 2 is 1.90 bits per heavy atom. The Morgan fingerprint density at radius 1 is 1.10 bits per heavy atom. The molecule has 0 bridgehead atoms. The molecule has 0 aliphatic rings. The number of halogens is 1. The summed E-state index contributed by atoms with van der Waals surface area (Å²) in [6.07, 6.45) is 0. The van der Waals surface area contributed by atoms with Crippen molar-refractivity contribution >= 4 is 34.3 Å². The predicted molar refractivity (Wildman–Crippen MR) is 115 cm³/mol. The largest absolute Gasteiger partial charge is 0.496 e. The maximum atomic E-state index is 12.7. The molecule has 5 nitrogen and oxygen atoms in total. The monoisotopic (exact) mass is 406 g/mol. The molecule has 1 amide bonds. The van der Waals surface area contributed by atoms with E-state index >= 15 is 0 Å². The molecule has 1 heterocycles. The molecule has 1 N–H and O–H groups in total. The van der Waals surface area contributed by atoms with Crippen LogP contribution in [0, 0.1) is 13.8 Å². The first-order valence-corrected chi connectivity index (χ1v) is 9.46. The standard InChI is InChI=1S/C23H19ClN2O3/c1-13-10-14(2)21-19(11-13)26-23(29-21)17-12-15(8-9-18(17)24)25-22(27)16-6-4-5-7-20(16)28-3/h4-12H,1-3H3,(H,25,27). The molecule has 0 saturated carbocycles. The SMILES string of the molecule is COc1ccccc1C(=O)Nc1ccc(Cl)c(-c2nc3cc(C)cc(C)c3o2)c1.